The summed E-state index contributed by atoms with van der Waals surface area (Å²) in [5.41, 5.74) is 0. The van der Waals surface area contributed by atoms with Gasteiger partial charge in [-0.15, -0.1) is 0 Å². The van der Waals surface area contributed by atoms with Gasteiger partial charge in [-0.25, -0.2) is 0 Å². The SMILES string of the molecule is CCN(C)C(=O)CC(C)NC. The highest BCUT2D eigenvalue weighted by Crippen LogP contribution is 1.94. The van der Waals surface area contributed by atoms with Gasteiger partial charge in [-0.3, -0.25) is 4.79 Å². The van der Waals surface area contributed by atoms with Crippen LogP contribution in [0.15, 0.2) is 0 Å². The Morgan fingerprint density at radius 1 is 1.64 bits per heavy atom. The smallest absolute Gasteiger partial charge is 0.223 e. The lowest BCUT2D eigenvalue weighted by molar-refractivity contribution is -0.130. The summed E-state index contributed by atoms with van der Waals surface area (Å²) >= 11 is 0. The third-order valence-electron chi connectivity index (χ3n) is 1.87. The number of amides is 1. The molecule has 1 atom stereocenters. The highest BCUT2D eigenvalue weighted by atomic mass is 16.2. The number of rotatable bonds is 4. The molecule has 0 aliphatic rings. The lowest BCUT2D eigenvalue weighted by Gasteiger charge is -2.17. The number of carbonyl (C=O) groups is 1. The average Bonchev–Trinajstić information content (AvgIpc) is 2.02. The maximum absolute atomic E-state index is 11.2. The molecule has 1 unspecified atom stereocenters. The summed E-state index contributed by atoms with van der Waals surface area (Å²) in [6, 6.07) is 0.275. The first-order valence-corrected chi connectivity index (χ1v) is 4.03. The maximum atomic E-state index is 11.2. The van der Waals surface area contributed by atoms with Crippen LogP contribution in [0.4, 0.5) is 0 Å². The van der Waals surface area contributed by atoms with Crippen LogP contribution in [0.2, 0.25) is 0 Å². The van der Waals surface area contributed by atoms with Crippen LogP contribution < -0.4 is 5.32 Å². The normalized spacial score (nSPS) is 12.7. The van der Waals surface area contributed by atoms with Gasteiger partial charge in [-0.1, -0.05) is 0 Å². The molecule has 0 fully saturated rings. The Bertz CT molecular complexity index is 125. The van der Waals surface area contributed by atoms with Gasteiger partial charge in [-0.2, -0.15) is 0 Å². The van der Waals surface area contributed by atoms with E-state index in [0.717, 1.165) is 6.54 Å². The van der Waals surface area contributed by atoms with Crippen molar-refractivity contribution in [1.82, 2.24) is 10.2 Å². The van der Waals surface area contributed by atoms with Crippen molar-refractivity contribution in [2.45, 2.75) is 26.3 Å². The average molecular weight is 158 g/mol. The Hall–Kier alpha value is -0.570. The fraction of sp³-hybridized carbons (Fsp3) is 0.875. The van der Waals surface area contributed by atoms with E-state index in [1.165, 1.54) is 0 Å². The van der Waals surface area contributed by atoms with E-state index in [9.17, 15) is 4.79 Å². The Labute approximate surface area is 68.8 Å². The highest BCUT2D eigenvalue weighted by Gasteiger charge is 2.09. The maximum Gasteiger partial charge on any atom is 0.223 e. The molecule has 0 saturated carbocycles. The molecule has 66 valence electrons. The van der Waals surface area contributed by atoms with Crippen molar-refractivity contribution in [2.24, 2.45) is 0 Å². The molecule has 1 N–H and O–H groups in total. The van der Waals surface area contributed by atoms with E-state index in [0.29, 0.717) is 6.42 Å². The summed E-state index contributed by atoms with van der Waals surface area (Å²) in [5, 5.41) is 3.03. The minimum Gasteiger partial charge on any atom is -0.346 e. The largest absolute Gasteiger partial charge is 0.346 e. The summed E-state index contributed by atoms with van der Waals surface area (Å²) in [4.78, 5) is 13.0. The molecular weight excluding hydrogens is 140 g/mol. The van der Waals surface area contributed by atoms with Gasteiger partial charge in [0.15, 0.2) is 0 Å². The number of nitrogens with one attached hydrogen (secondary N) is 1. The van der Waals surface area contributed by atoms with Crippen LogP contribution in [-0.4, -0.2) is 37.5 Å². The topological polar surface area (TPSA) is 32.3 Å². The molecule has 0 radical (unpaired) electrons. The summed E-state index contributed by atoms with van der Waals surface area (Å²) in [6.07, 6.45) is 0.584. The van der Waals surface area contributed by atoms with Gasteiger partial charge in [0.25, 0.3) is 0 Å². The van der Waals surface area contributed by atoms with Gasteiger partial charge in [0.1, 0.15) is 0 Å². The molecule has 0 aromatic heterocycles. The van der Waals surface area contributed by atoms with E-state index in [2.05, 4.69) is 5.32 Å². The lowest BCUT2D eigenvalue weighted by Crippen LogP contribution is -2.33. The van der Waals surface area contributed by atoms with Crippen LogP contribution in [-0.2, 0) is 4.79 Å². The Morgan fingerprint density at radius 2 is 2.18 bits per heavy atom. The minimum absolute atomic E-state index is 0.203. The Morgan fingerprint density at radius 3 is 2.55 bits per heavy atom. The van der Waals surface area contributed by atoms with E-state index in [-0.39, 0.29) is 11.9 Å². The van der Waals surface area contributed by atoms with Gasteiger partial charge in [0.2, 0.25) is 5.91 Å². The van der Waals surface area contributed by atoms with Gasteiger partial charge >= 0.3 is 0 Å². The second-order valence-electron chi connectivity index (χ2n) is 2.80. The third kappa shape index (κ3) is 3.98. The van der Waals surface area contributed by atoms with E-state index in [1.807, 2.05) is 27.9 Å². The van der Waals surface area contributed by atoms with E-state index < -0.39 is 0 Å². The zero-order valence-corrected chi connectivity index (χ0v) is 7.85. The van der Waals surface area contributed by atoms with Crippen LogP contribution in [0.5, 0.6) is 0 Å². The van der Waals surface area contributed by atoms with Gasteiger partial charge < -0.3 is 10.2 Å². The molecule has 0 spiro atoms. The predicted molar refractivity (Wildman–Crippen MR) is 46.4 cm³/mol. The summed E-state index contributed by atoms with van der Waals surface area (Å²) in [5.74, 6) is 0.203. The van der Waals surface area contributed by atoms with Gasteiger partial charge in [0.05, 0.1) is 0 Å². The second kappa shape index (κ2) is 5.13. The molecule has 0 aliphatic carbocycles. The van der Waals surface area contributed by atoms with E-state index in [1.54, 1.807) is 4.90 Å². The van der Waals surface area contributed by atoms with E-state index >= 15 is 0 Å². The quantitative estimate of drug-likeness (QED) is 0.644. The molecule has 3 nitrogen and oxygen atoms in total. The molecule has 0 saturated heterocycles. The summed E-state index contributed by atoms with van der Waals surface area (Å²) in [7, 11) is 3.69. The van der Waals surface area contributed by atoms with Crippen molar-refractivity contribution in [3.05, 3.63) is 0 Å². The zero-order chi connectivity index (χ0) is 8.85. The minimum atomic E-state index is 0.203. The third-order valence-corrected chi connectivity index (χ3v) is 1.87. The second-order valence-corrected chi connectivity index (χ2v) is 2.80. The highest BCUT2D eigenvalue weighted by molar-refractivity contribution is 5.76. The molecule has 0 aromatic rings. The number of carbonyl (C=O) groups excluding carboxylic acids is 1. The summed E-state index contributed by atoms with van der Waals surface area (Å²) < 4.78 is 0. The first-order valence-electron chi connectivity index (χ1n) is 4.03. The van der Waals surface area contributed by atoms with Crippen LogP contribution >= 0.6 is 0 Å². The fourth-order valence-corrected chi connectivity index (χ4v) is 0.696. The molecule has 0 heterocycles. The number of nitrogens with zero attached hydrogens (tertiary/aromatic N) is 1. The Kier molecular flexibility index (Phi) is 4.86. The Balaban J connectivity index is 3.68. The molecule has 0 aliphatic heterocycles. The van der Waals surface area contributed by atoms with Crippen LogP contribution in [0.25, 0.3) is 0 Å². The van der Waals surface area contributed by atoms with Crippen molar-refractivity contribution >= 4 is 5.91 Å². The van der Waals surface area contributed by atoms with Crippen LogP contribution in [0, 0.1) is 0 Å². The van der Waals surface area contributed by atoms with Crippen molar-refractivity contribution < 1.29 is 4.79 Å². The lowest BCUT2D eigenvalue weighted by atomic mass is 10.2. The molecule has 0 bridgehead atoms. The first-order chi connectivity index (χ1) is 5.11. The van der Waals surface area contributed by atoms with Crippen molar-refractivity contribution in [3.63, 3.8) is 0 Å². The molecular formula is C8H18N2O. The van der Waals surface area contributed by atoms with Gasteiger partial charge in [-0.05, 0) is 20.9 Å². The van der Waals surface area contributed by atoms with Crippen molar-refractivity contribution in [3.8, 4) is 0 Å². The molecule has 1 amide bonds. The summed E-state index contributed by atoms with van der Waals surface area (Å²) in [6.45, 7) is 4.76. The standard InChI is InChI=1S/C8H18N2O/c1-5-10(4)8(11)6-7(2)9-3/h7,9H,5-6H2,1-4H3. The molecule has 3 heteroatoms. The number of hydrogen-bond donors (Lipinski definition) is 1. The molecule has 0 aromatic carbocycles. The zero-order valence-electron chi connectivity index (χ0n) is 7.85. The monoisotopic (exact) mass is 158 g/mol. The molecule has 11 heavy (non-hydrogen) atoms. The van der Waals surface area contributed by atoms with Crippen molar-refractivity contribution in [1.29, 1.82) is 0 Å². The molecule has 0 rings (SSSR count). The fourth-order valence-electron chi connectivity index (χ4n) is 0.696. The predicted octanol–water partition coefficient (Wildman–Crippen LogP) is 0.463. The van der Waals surface area contributed by atoms with E-state index in [4.69, 9.17) is 0 Å². The first kappa shape index (κ1) is 10.4. The van der Waals surface area contributed by atoms with Crippen LogP contribution in [0.3, 0.4) is 0 Å². The number of hydrogen-bond acceptors (Lipinski definition) is 2. The van der Waals surface area contributed by atoms with Gasteiger partial charge in [0, 0.05) is 26.1 Å². The van der Waals surface area contributed by atoms with Crippen molar-refractivity contribution in [2.75, 3.05) is 20.6 Å². The van der Waals surface area contributed by atoms with Crippen LogP contribution in [0.1, 0.15) is 20.3 Å².